The van der Waals surface area contributed by atoms with Crippen LogP contribution in [0.1, 0.15) is 29.2 Å². The molecule has 2 aliphatic heterocycles. The summed E-state index contributed by atoms with van der Waals surface area (Å²) in [6.45, 7) is 2.19. The van der Waals surface area contributed by atoms with Gasteiger partial charge in [-0.05, 0) is 48.9 Å². The van der Waals surface area contributed by atoms with Crippen molar-refractivity contribution in [3.63, 3.8) is 0 Å². The summed E-state index contributed by atoms with van der Waals surface area (Å²) in [4.78, 5) is 12.5. The van der Waals surface area contributed by atoms with Gasteiger partial charge in [0.2, 0.25) is 12.7 Å². The number of hydrogen-bond donors (Lipinski definition) is 1. The lowest BCUT2D eigenvalue weighted by Gasteiger charge is -2.24. The summed E-state index contributed by atoms with van der Waals surface area (Å²) in [5.41, 5.74) is 3.78. The number of aromatic nitrogens is 2. The highest BCUT2D eigenvalue weighted by atomic mass is 16.7. The number of rotatable bonds is 3. The molecule has 0 saturated carbocycles. The van der Waals surface area contributed by atoms with Crippen molar-refractivity contribution in [3.05, 3.63) is 59.3 Å². The molecule has 2 aliphatic rings. The first-order chi connectivity index (χ1) is 13.6. The number of fused-ring (bicyclic) bond motifs is 2. The number of benzene rings is 2. The minimum absolute atomic E-state index is 0.0372. The van der Waals surface area contributed by atoms with Crippen molar-refractivity contribution in [1.82, 2.24) is 9.78 Å². The monoisotopic (exact) mass is 377 g/mol. The van der Waals surface area contributed by atoms with Gasteiger partial charge in [-0.25, -0.2) is 4.68 Å². The molecule has 0 saturated heterocycles. The molecule has 1 atom stereocenters. The Morgan fingerprint density at radius 2 is 1.93 bits per heavy atom. The van der Waals surface area contributed by atoms with E-state index >= 15 is 0 Å². The van der Waals surface area contributed by atoms with Gasteiger partial charge in [-0.2, -0.15) is 5.10 Å². The summed E-state index contributed by atoms with van der Waals surface area (Å²) in [6.07, 6.45) is 0.363. The van der Waals surface area contributed by atoms with Crippen molar-refractivity contribution in [1.29, 1.82) is 0 Å². The second kappa shape index (κ2) is 6.30. The number of amides is 1. The minimum atomic E-state index is -0.0924. The van der Waals surface area contributed by atoms with Crippen LogP contribution in [0.15, 0.2) is 42.5 Å². The van der Waals surface area contributed by atoms with Gasteiger partial charge in [0.05, 0.1) is 18.5 Å². The van der Waals surface area contributed by atoms with Gasteiger partial charge in [-0.3, -0.25) is 4.79 Å². The first kappa shape index (κ1) is 16.7. The summed E-state index contributed by atoms with van der Waals surface area (Å²) in [7, 11) is 1.63. The zero-order valence-electron chi connectivity index (χ0n) is 15.6. The highest BCUT2D eigenvalue weighted by Gasteiger charge is 2.33. The van der Waals surface area contributed by atoms with Crippen LogP contribution in [0.5, 0.6) is 17.2 Å². The van der Waals surface area contributed by atoms with Crippen LogP contribution in [0, 0.1) is 6.92 Å². The first-order valence-corrected chi connectivity index (χ1v) is 9.07. The molecule has 0 aliphatic carbocycles. The molecular formula is C21H19N3O4. The molecule has 0 bridgehead atoms. The average molecular weight is 377 g/mol. The molecule has 0 radical (unpaired) electrons. The van der Waals surface area contributed by atoms with Gasteiger partial charge in [0.15, 0.2) is 11.5 Å². The van der Waals surface area contributed by atoms with Gasteiger partial charge in [-0.15, -0.1) is 0 Å². The molecule has 1 N–H and O–H groups in total. The Labute approximate surface area is 161 Å². The predicted octanol–water partition coefficient (Wildman–Crippen LogP) is 3.39. The van der Waals surface area contributed by atoms with E-state index in [0.29, 0.717) is 18.0 Å². The van der Waals surface area contributed by atoms with E-state index in [0.717, 1.165) is 34.0 Å². The summed E-state index contributed by atoms with van der Waals surface area (Å²) >= 11 is 0. The zero-order valence-corrected chi connectivity index (χ0v) is 15.6. The third-order valence-corrected chi connectivity index (χ3v) is 5.22. The second-order valence-corrected chi connectivity index (χ2v) is 6.88. The summed E-state index contributed by atoms with van der Waals surface area (Å²) in [5, 5.41) is 7.71. The molecule has 142 valence electrons. The summed E-state index contributed by atoms with van der Waals surface area (Å²) in [6, 6.07) is 13.4. The molecule has 28 heavy (non-hydrogen) atoms. The Morgan fingerprint density at radius 3 is 2.71 bits per heavy atom. The number of ether oxygens (including phenoxy) is 3. The van der Waals surface area contributed by atoms with Crippen molar-refractivity contribution in [2.75, 3.05) is 19.2 Å². The molecule has 7 nitrogen and oxygen atoms in total. The van der Waals surface area contributed by atoms with Gasteiger partial charge in [0, 0.05) is 17.9 Å². The molecule has 5 rings (SSSR count). The number of anilines is 1. The molecule has 1 aromatic heterocycles. The van der Waals surface area contributed by atoms with E-state index < -0.39 is 0 Å². The molecule has 2 aromatic carbocycles. The Kier molecular flexibility index (Phi) is 3.75. The lowest BCUT2D eigenvalue weighted by atomic mass is 9.85. The smallest absolute Gasteiger partial charge is 0.231 e. The van der Waals surface area contributed by atoms with E-state index in [2.05, 4.69) is 5.32 Å². The van der Waals surface area contributed by atoms with Gasteiger partial charge in [0.1, 0.15) is 11.6 Å². The molecular weight excluding hydrogens is 358 g/mol. The lowest BCUT2D eigenvalue weighted by Crippen LogP contribution is -2.24. The van der Waals surface area contributed by atoms with Crippen molar-refractivity contribution in [2.45, 2.75) is 19.3 Å². The molecule has 3 heterocycles. The van der Waals surface area contributed by atoms with Crippen LogP contribution in [0.2, 0.25) is 0 Å². The maximum absolute atomic E-state index is 12.5. The molecule has 0 fully saturated rings. The van der Waals surface area contributed by atoms with Gasteiger partial charge < -0.3 is 19.5 Å². The van der Waals surface area contributed by atoms with E-state index in [4.69, 9.17) is 19.3 Å². The molecule has 3 aromatic rings. The molecule has 7 heteroatoms. The van der Waals surface area contributed by atoms with E-state index in [1.54, 1.807) is 11.8 Å². The number of aryl methyl sites for hydroxylation is 1. The van der Waals surface area contributed by atoms with E-state index in [1.165, 1.54) is 0 Å². The van der Waals surface area contributed by atoms with Crippen LogP contribution in [0.25, 0.3) is 5.69 Å². The molecule has 1 amide bonds. The molecule has 1 unspecified atom stereocenters. The second-order valence-electron chi connectivity index (χ2n) is 6.88. The summed E-state index contributed by atoms with van der Waals surface area (Å²) < 4.78 is 17.9. The highest BCUT2D eigenvalue weighted by Crippen LogP contribution is 2.43. The fourth-order valence-electron chi connectivity index (χ4n) is 3.87. The van der Waals surface area contributed by atoms with Crippen molar-refractivity contribution in [3.8, 4) is 22.9 Å². The number of hydrogen-bond acceptors (Lipinski definition) is 5. The Bertz CT molecular complexity index is 1070. The quantitative estimate of drug-likeness (QED) is 0.757. The number of carbonyl (C=O) groups is 1. The van der Waals surface area contributed by atoms with Crippen LogP contribution in [-0.2, 0) is 4.79 Å². The number of methoxy groups -OCH3 is 1. The van der Waals surface area contributed by atoms with Gasteiger partial charge >= 0.3 is 0 Å². The Morgan fingerprint density at radius 1 is 1.14 bits per heavy atom. The topological polar surface area (TPSA) is 74.6 Å². The van der Waals surface area contributed by atoms with Gasteiger partial charge in [-0.1, -0.05) is 6.07 Å². The normalized spacial score (nSPS) is 17.2. The third-order valence-electron chi connectivity index (χ3n) is 5.22. The van der Waals surface area contributed by atoms with Crippen molar-refractivity contribution >= 4 is 11.7 Å². The predicted molar refractivity (Wildman–Crippen MR) is 103 cm³/mol. The first-order valence-electron chi connectivity index (χ1n) is 9.07. The molecule has 0 spiro atoms. The zero-order chi connectivity index (χ0) is 19.3. The largest absolute Gasteiger partial charge is 0.497 e. The lowest BCUT2D eigenvalue weighted by molar-refractivity contribution is -0.116. The van der Waals surface area contributed by atoms with E-state index in [1.807, 2.05) is 49.4 Å². The standard InChI is InChI=1S/C21H19N3O4/c1-12-20-16(13-3-8-17-18(9-13)28-11-27-17)10-19(25)22-21(20)24(23-12)14-4-6-15(26-2)7-5-14/h3-9,16H,10-11H2,1-2H3,(H,22,25). The van der Waals surface area contributed by atoms with Crippen LogP contribution in [0.4, 0.5) is 5.82 Å². The Balaban J connectivity index is 1.61. The van der Waals surface area contributed by atoms with Crippen LogP contribution < -0.4 is 19.5 Å². The van der Waals surface area contributed by atoms with Crippen molar-refractivity contribution in [2.24, 2.45) is 0 Å². The third kappa shape index (κ3) is 2.58. The van der Waals surface area contributed by atoms with Gasteiger partial charge in [0.25, 0.3) is 0 Å². The van der Waals surface area contributed by atoms with Crippen LogP contribution in [0.3, 0.4) is 0 Å². The maximum Gasteiger partial charge on any atom is 0.231 e. The van der Waals surface area contributed by atoms with E-state index in [-0.39, 0.29) is 18.6 Å². The number of nitrogens with zero attached hydrogens (tertiary/aromatic N) is 2. The SMILES string of the molecule is COc1ccc(-n2nc(C)c3c2NC(=O)CC3c2ccc3c(c2)OCO3)cc1. The fraction of sp³-hybridized carbons (Fsp3) is 0.238. The minimum Gasteiger partial charge on any atom is -0.497 e. The fourth-order valence-corrected chi connectivity index (χ4v) is 3.87. The Hall–Kier alpha value is -3.48. The highest BCUT2D eigenvalue weighted by molar-refractivity contribution is 5.95. The maximum atomic E-state index is 12.5. The number of carbonyl (C=O) groups excluding carboxylic acids is 1. The average Bonchev–Trinajstić information content (AvgIpc) is 3.31. The van der Waals surface area contributed by atoms with Crippen LogP contribution in [-0.4, -0.2) is 29.6 Å². The van der Waals surface area contributed by atoms with Crippen molar-refractivity contribution < 1.29 is 19.0 Å². The van der Waals surface area contributed by atoms with Crippen LogP contribution >= 0.6 is 0 Å². The summed E-state index contributed by atoms with van der Waals surface area (Å²) in [5.74, 6) is 2.79. The number of nitrogens with one attached hydrogen (secondary N) is 1. The van der Waals surface area contributed by atoms with E-state index in [9.17, 15) is 4.79 Å².